The molecule has 1 saturated heterocycles. The summed E-state index contributed by atoms with van der Waals surface area (Å²) < 4.78 is 18.3. The number of hydrogen-bond donors (Lipinski definition) is 0. The van der Waals surface area contributed by atoms with Gasteiger partial charge < -0.3 is 13.9 Å². The molecule has 2 atom stereocenters. The fourth-order valence-electron chi connectivity index (χ4n) is 5.05. The van der Waals surface area contributed by atoms with Gasteiger partial charge in [0.25, 0.3) is 14.0 Å². The second kappa shape index (κ2) is 13.5. The van der Waals surface area contributed by atoms with Gasteiger partial charge in [-0.05, 0) is 40.0 Å². The molecule has 1 amide bonds. The number of nitro benzene ring substituents is 1. The van der Waals surface area contributed by atoms with E-state index in [0.717, 1.165) is 22.3 Å². The van der Waals surface area contributed by atoms with Crippen LogP contribution in [0.5, 0.6) is 0 Å². The van der Waals surface area contributed by atoms with Crippen molar-refractivity contribution in [2.45, 2.75) is 45.4 Å². The van der Waals surface area contributed by atoms with Gasteiger partial charge >= 0.3 is 6.16 Å². The zero-order chi connectivity index (χ0) is 31.2. The Hall–Kier alpha value is -4.00. The number of nitro groups is 1. The molecule has 0 N–H and O–H groups in total. The van der Waals surface area contributed by atoms with Gasteiger partial charge in [0.2, 0.25) is 11.0 Å². The van der Waals surface area contributed by atoms with Gasteiger partial charge in [0.15, 0.2) is 0 Å². The molecule has 0 radical (unpaired) electrons. The fraction of sp³-hybridized carbons (Fsp3) is 0.323. The maximum atomic E-state index is 13.1. The van der Waals surface area contributed by atoms with Crippen molar-refractivity contribution < 1.29 is 33.2 Å². The minimum atomic E-state index is -2.90. The van der Waals surface area contributed by atoms with Crippen LogP contribution in [-0.4, -0.2) is 54.0 Å². The van der Waals surface area contributed by atoms with Gasteiger partial charge in [0.05, 0.1) is 10.8 Å². The van der Waals surface area contributed by atoms with Crippen LogP contribution in [0.15, 0.2) is 84.9 Å². The third kappa shape index (κ3) is 7.32. The molecule has 0 saturated carbocycles. The number of amides is 1. The van der Waals surface area contributed by atoms with E-state index in [4.69, 9.17) is 13.9 Å². The lowest BCUT2D eigenvalue weighted by atomic mass is 9.96. The molecule has 0 bridgehead atoms. The molecule has 1 fully saturated rings. The lowest BCUT2D eigenvalue weighted by Gasteiger charge is -2.43. The first-order valence-electron chi connectivity index (χ1n) is 13.8. The van der Waals surface area contributed by atoms with E-state index < -0.39 is 31.4 Å². The van der Waals surface area contributed by atoms with Crippen LogP contribution < -0.4 is 10.4 Å². The minimum Gasteiger partial charge on any atom is -0.430 e. The minimum absolute atomic E-state index is 0.0705. The summed E-state index contributed by atoms with van der Waals surface area (Å²) >= 11 is 0.809. The Morgan fingerprint density at radius 3 is 2.05 bits per heavy atom. The number of carbonyl (C=O) groups is 3. The molecule has 3 aromatic rings. The zero-order valence-electron chi connectivity index (χ0n) is 24.4. The monoisotopic (exact) mass is 622 g/mol. The molecule has 0 spiro atoms. The second-order valence-corrected chi connectivity index (χ2v) is 16.6. The molecule has 10 nitrogen and oxygen atoms in total. The van der Waals surface area contributed by atoms with Crippen LogP contribution in [0.4, 0.5) is 10.5 Å². The van der Waals surface area contributed by atoms with E-state index in [9.17, 15) is 24.5 Å². The van der Waals surface area contributed by atoms with Crippen molar-refractivity contribution in [2.24, 2.45) is 5.92 Å². The molecule has 226 valence electrons. The Bertz CT molecular complexity index is 1410. The van der Waals surface area contributed by atoms with E-state index in [1.54, 1.807) is 6.92 Å². The van der Waals surface area contributed by atoms with Gasteiger partial charge in [0, 0.05) is 30.6 Å². The molecule has 3 aromatic carbocycles. The first kappa shape index (κ1) is 31.9. The van der Waals surface area contributed by atoms with Crippen LogP contribution in [0.2, 0.25) is 5.04 Å². The number of nitrogens with zero attached hydrogens (tertiary/aromatic N) is 2. The quantitative estimate of drug-likeness (QED) is 0.0737. The normalized spacial score (nSPS) is 15.8. The average Bonchev–Trinajstić information content (AvgIpc) is 2.98. The predicted octanol–water partition coefficient (Wildman–Crippen LogP) is 4.85. The largest absolute Gasteiger partial charge is 0.508 e. The van der Waals surface area contributed by atoms with E-state index in [0.29, 0.717) is 5.56 Å². The Morgan fingerprint density at radius 1 is 1.00 bits per heavy atom. The van der Waals surface area contributed by atoms with Crippen LogP contribution >= 0.6 is 11.9 Å². The topological polar surface area (TPSA) is 125 Å². The summed E-state index contributed by atoms with van der Waals surface area (Å²) in [4.78, 5) is 48.3. The van der Waals surface area contributed by atoms with Crippen molar-refractivity contribution in [1.29, 1.82) is 0 Å². The summed E-state index contributed by atoms with van der Waals surface area (Å²) in [5, 5.41) is 12.3. The molecule has 4 rings (SSSR count). The fourth-order valence-corrected chi connectivity index (χ4v) is 10.5. The maximum absolute atomic E-state index is 13.1. The summed E-state index contributed by atoms with van der Waals surface area (Å²) in [7, 11) is -2.90. The zero-order valence-corrected chi connectivity index (χ0v) is 26.2. The summed E-state index contributed by atoms with van der Waals surface area (Å²) in [5.74, 6) is -0.927. The van der Waals surface area contributed by atoms with Crippen molar-refractivity contribution in [2.75, 3.05) is 13.2 Å². The third-order valence-corrected chi connectivity index (χ3v) is 13.2. The van der Waals surface area contributed by atoms with Crippen molar-refractivity contribution in [3.05, 3.63) is 101 Å². The third-order valence-electron chi connectivity index (χ3n) is 7.31. The number of non-ortho nitro benzene ring substituents is 1. The van der Waals surface area contributed by atoms with E-state index in [1.807, 2.05) is 60.7 Å². The van der Waals surface area contributed by atoms with E-state index in [2.05, 4.69) is 20.8 Å². The smallest absolute Gasteiger partial charge is 0.430 e. The summed E-state index contributed by atoms with van der Waals surface area (Å²) in [6.07, 6.45) is -1.73. The Kier molecular flexibility index (Phi) is 10.0. The van der Waals surface area contributed by atoms with Gasteiger partial charge in [0.1, 0.15) is 19.3 Å². The van der Waals surface area contributed by atoms with Crippen LogP contribution in [0.1, 0.15) is 33.3 Å². The molecule has 12 heteroatoms. The summed E-state index contributed by atoms with van der Waals surface area (Å²) in [6.45, 7) is 7.88. The standard InChI is InChI=1S/C31H34N2O8SSi/c1-22(41-30(36)39-20-23-15-17-24(18-16-23)33(37)38)27-19-32(29(27)35)42-28(34)21-40-43(31(2,3)4,25-11-7-5-8-12-25)26-13-9-6-10-14-26/h5-18,22,27H,19-21H2,1-4H3/t22-,27+/m1/s1. The van der Waals surface area contributed by atoms with Crippen molar-refractivity contribution in [1.82, 2.24) is 4.31 Å². The molecule has 1 heterocycles. The Morgan fingerprint density at radius 2 is 1.56 bits per heavy atom. The molecular formula is C31H34N2O8SSi. The van der Waals surface area contributed by atoms with E-state index in [-0.39, 0.29) is 41.5 Å². The molecule has 0 aliphatic carbocycles. The van der Waals surface area contributed by atoms with Crippen LogP contribution in [0.25, 0.3) is 0 Å². The first-order chi connectivity index (χ1) is 20.4. The average molecular weight is 623 g/mol. The van der Waals surface area contributed by atoms with Crippen LogP contribution in [-0.2, 0) is 30.1 Å². The molecule has 0 aromatic heterocycles. The highest BCUT2D eigenvalue weighted by Gasteiger charge is 2.51. The number of ether oxygens (including phenoxy) is 2. The highest BCUT2D eigenvalue weighted by molar-refractivity contribution is 8.12. The highest BCUT2D eigenvalue weighted by Crippen LogP contribution is 2.37. The number of β-lactam (4-membered cyclic amide) rings is 1. The number of carbonyl (C=O) groups excluding carboxylic acids is 3. The lowest BCUT2D eigenvalue weighted by Crippen LogP contribution is -2.67. The Labute approximate surface area is 255 Å². The van der Waals surface area contributed by atoms with Crippen LogP contribution in [0.3, 0.4) is 0 Å². The summed E-state index contributed by atoms with van der Waals surface area (Å²) in [6, 6.07) is 25.6. The second-order valence-electron chi connectivity index (χ2n) is 11.2. The van der Waals surface area contributed by atoms with Gasteiger partial charge in [-0.25, -0.2) is 4.79 Å². The van der Waals surface area contributed by atoms with Gasteiger partial charge in [-0.15, -0.1) is 0 Å². The predicted molar refractivity (Wildman–Crippen MR) is 165 cm³/mol. The van der Waals surface area contributed by atoms with Gasteiger partial charge in [-0.2, -0.15) is 0 Å². The van der Waals surface area contributed by atoms with Crippen LogP contribution in [0, 0.1) is 16.0 Å². The highest BCUT2D eigenvalue weighted by atomic mass is 32.2. The van der Waals surface area contributed by atoms with E-state index in [1.165, 1.54) is 28.6 Å². The number of benzene rings is 3. The molecule has 0 unspecified atom stereocenters. The van der Waals surface area contributed by atoms with E-state index >= 15 is 0 Å². The van der Waals surface area contributed by atoms with Crippen molar-refractivity contribution in [3.63, 3.8) is 0 Å². The summed E-state index contributed by atoms with van der Waals surface area (Å²) in [5.41, 5.74) is 0.482. The molecule has 43 heavy (non-hydrogen) atoms. The lowest BCUT2D eigenvalue weighted by molar-refractivity contribution is -0.384. The van der Waals surface area contributed by atoms with Gasteiger partial charge in [-0.3, -0.25) is 24.0 Å². The van der Waals surface area contributed by atoms with Gasteiger partial charge in [-0.1, -0.05) is 81.4 Å². The first-order valence-corrected chi connectivity index (χ1v) is 16.4. The molecule has 1 aliphatic heterocycles. The molecule has 1 aliphatic rings. The number of rotatable bonds is 11. The molecular weight excluding hydrogens is 589 g/mol. The number of hydrogen-bond acceptors (Lipinski definition) is 9. The van der Waals surface area contributed by atoms with Crippen molar-refractivity contribution in [3.8, 4) is 0 Å². The Balaban J connectivity index is 1.31. The maximum Gasteiger partial charge on any atom is 0.508 e. The van der Waals surface area contributed by atoms with Crippen molar-refractivity contribution >= 4 is 53.5 Å². The SMILES string of the molecule is C[C@@H](OC(=O)OCc1ccc([N+](=O)[O-])cc1)[C@@H]1CN(SC(=O)CO[Si](c2ccccc2)(c2ccccc2)C(C)(C)C)C1=O.